The van der Waals surface area contributed by atoms with Crippen molar-refractivity contribution in [1.82, 2.24) is 0 Å². The van der Waals surface area contributed by atoms with Crippen molar-refractivity contribution in [1.29, 1.82) is 5.26 Å². The zero-order valence-corrected chi connectivity index (χ0v) is 7.63. The highest BCUT2D eigenvalue weighted by molar-refractivity contribution is 5.47. The number of anilines is 1. The van der Waals surface area contributed by atoms with Crippen LogP contribution in [0.3, 0.4) is 0 Å². The molecule has 0 atom stereocenters. The smallest absolute Gasteiger partial charge is 0.143 e. The fraction of sp³-hybridized carbons (Fsp3) is 0.300. The summed E-state index contributed by atoms with van der Waals surface area (Å²) in [6, 6.07) is 6.09. The lowest BCUT2D eigenvalue weighted by Crippen LogP contribution is -2.03. The highest BCUT2D eigenvalue weighted by atomic mass is 19.1. The number of nitriles is 1. The predicted molar refractivity (Wildman–Crippen MR) is 51.3 cm³/mol. The molecule has 14 heavy (non-hydrogen) atoms. The maximum absolute atomic E-state index is 13.0. The Morgan fingerprint density at radius 3 is 2.86 bits per heavy atom. The summed E-state index contributed by atoms with van der Waals surface area (Å²) in [5, 5.41) is 19.9. The molecule has 0 saturated carbocycles. The van der Waals surface area contributed by atoms with Crippen LogP contribution >= 0.6 is 0 Å². The van der Waals surface area contributed by atoms with Gasteiger partial charge in [-0.1, -0.05) is 0 Å². The number of halogens is 1. The predicted octanol–water partition coefficient (Wildman–Crippen LogP) is 1.49. The minimum atomic E-state index is -0.526. The zero-order valence-electron chi connectivity index (χ0n) is 7.63. The molecule has 0 spiro atoms. The van der Waals surface area contributed by atoms with Gasteiger partial charge < -0.3 is 10.4 Å². The van der Waals surface area contributed by atoms with E-state index >= 15 is 0 Å². The molecular weight excluding hydrogens is 183 g/mol. The first kappa shape index (κ1) is 10.5. The van der Waals surface area contributed by atoms with Crippen molar-refractivity contribution in [2.75, 3.05) is 18.5 Å². The molecule has 0 unspecified atom stereocenters. The fourth-order valence-corrected chi connectivity index (χ4v) is 1.03. The normalized spacial score (nSPS) is 9.50. The molecule has 0 radical (unpaired) electrons. The van der Waals surface area contributed by atoms with E-state index in [-0.39, 0.29) is 12.2 Å². The second kappa shape index (κ2) is 5.20. The summed E-state index contributed by atoms with van der Waals surface area (Å²) in [6.45, 7) is 0.688. The SMILES string of the molecule is N#Cc1ccc(NCCCO)cc1F. The first-order valence-electron chi connectivity index (χ1n) is 4.32. The number of nitrogens with one attached hydrogen (secondary N) is 1. The van der Waals surface area contributed by atoms with Crippen LogP contribution in [0.1, 0.15) is 12.0 Å². The quantitative estimate of drug-likeness (QED) is 0.714. The third kappa shape index (κ3) is 2.71. The molecule has 0 heterocycles. The molecule has 1 rings (SSSR count). The Labute approximate surface area is 81.8 Å². The van der Waals surface area contributed by atoms with Crippen molar-refractivity contribution < 1.29 is 9.50 Å². The number of hydrogen-bond acceptors (Lipinski definition) is 3. The Morgan fingerprint density at radius 1 is 1.50 bits per heavy atom. The second-order valence-electron chi connectivity index (χ2n) is 2.81. The molecule has 3 nitrogen and oxygen atoms in total. The van der Waals surface area contributed by atoms with Gasteiger partial charge in [-0.3, -0.25) is 0 Å². The van der Waals surface area contributed by atoms with E-state index in [9.17, 15) is 4.39 Å². The number of hydrogen-bond donors (Lipinski definition) is 2. The van der Waals surface area contributed by atoms with Gasteiger partial charge in [-0.05, 0) is 24.6 Å². The number of aliphatic hydroxyl groups excluding tert-OH is 1. The molecule has 0 bridgehead atoms. The molecule has 2 N–H and O–H groups in total. The van der Waals surface area contributed by atoms with Crippen molar-refractivity contribution >= 4 is 5.69 Å². The fourth-order valence-electron chi connectivity index (χ4n) is 1.03. The van der Waals surface area contributed by atoms with Gasteiger partial charge in [0.05, 0.1) is 5.56 Å². The van der Waals surface area contributed by atoms with Crippen molar-refractivity contribution in [2.45, 2.75) is 6.42 Å². The van der Waals surface area contributed by atoms with E-state index in [2.05, 4.69) is 5.32 Å². The monoisotopic (exact) mass is 194 g/mol. The van der Waals surface area contributed by atoms with Crippen LogP contribution in [0.15, 0.2) is 18.2 Å². The van der Waals surface area contributed by atoms with Crippen molar-refractivity contribution in [3.63, 3.8) is 0 Å². The van der Waals surface area contributed by atoms with Gasteiger partial charge in [0.2, 0.25) is 0 Å². The van der Waals surface area contributed by atoms with Gasteiger partial charge in [0, 0.05) is 18.8 Å². The van der Waals surface area contributed by atoms with Crippen LogP contribution in [0, 0.1) is 17.1 Å². The number of nitrogens with zero attached hydrogens (tertiary/aromatic N) is 1. The summed E-state index contributed by atoms with van der Waals surface area (Å²) in [5.74, 6) is -0.526. The van der Waals surface area contributed by atoms with Crippen LogP contribution in [0.5, 0.6) is 0 Å². The lowest BCUT2D eigenvalue weighted by Gasteiger charge is -2.05. The average Bonchev–Trinajstić information content (AvgIpc) is 2.18. The first-order valence-corrected chi connectivity index (χ1v) is 4.32. The number of benzene rings is 1. The summed E-state index contributed by atoms with van der Waals surface area (Å²) in [4.78, 5) is 0. The highest BCUT2D eigenvalue weighted by Crippen LogP contribution is 2.13. The zero-order chi connectivity index (χ0) is 10.4. The van der Waals surface area contributed by atoms with Crippen LogP contribution in [0.4, 0.5) is 10.1 Å². The van der Waals surface area contributed by atoms with Crippen molar-refractivity contribution in [3.8, 4) is 6.07 Å². The minimum Gasteiger partial charge on any atom is -0.396 e. The molecule has 1 aromatic rings. The lowest BCUT2D eigenvalue weighted by atomic mass is 10.2. The summed E-state index contributed by atoms with van der Waals surface area (Å²) >= 11 is 0. The van der Waals surface area contributed by atoms with Crippen LogP contribution in [-0.2, 0) is 0 Å². The van der Waals surface area contributed by atoms with E-state index in [1.165, 1.54) is 12.1 Å². The van der Waals surface area contributed by atoms with Gasteiger partial charge >= 0.3 is 0 Å². The van der Waals surface area contributed by atoms with Crippen LogP contribution in [0.2, 0.25) is 0 Å². The van der Waals surface area contributed by atoms with E-state index in [1.807, 2.05) is 0 Å². The highest BCUT2D eigenvalue weighted by Gasteiger charge is 2.01. The summed E-state index contributed by atoms with van der Waals surface area (Å²) in [6.07, 6.45) is 0.613. The molecule has 74 valence electrons. The summed E-state index contributed by atoms with van der Waals surface area (Å²) < 4.78 is 13.0. The van der Waals surface area contributed by atoms with Crippen molar-refractivity contribution in [2.24, 2.45) is 0 Å². The Bertz CT molecular complexity index is 346. The summed E-state index contributed by atoms with van der Waals surface area (Å²) in [7, 11) is 0. The maximum atomic E-state index is 13.0. The number of aliphatic hydroxyl groups is 1. The molecule has 0 aliphatic heterocycles. The first-order chi connectivity index (χ1) is 6.77. The van der Waals surface area contributed by atoms with Gasteiger partial charge in [0.1, 0.15) is 11.9 Å². The largest absolute Gasteiger partial charge is 0.396 e. The van der Waals surface area contributed by atoms with Crippen LogP contribution in [-0.4, -0.2) is 18.3 Å². The Balaban J connectivity index is 2.63. The molecule has 0 amide bonds. The van der Waals surface area contributed by atoms with E-state index < -0.39 is 5.82 Å². The van der Waals surface area contributed by atoms with Gasteiger partial charge in [0.25, 0.3) is 0 Å². The molecule has 0 aliphatic carbocycles. The van der Waals surface area contributed by atoms with E-state index in [0.29, 0.717) is 18.7 Å². The molecule has 0 aromatic heterocycles. The van der Waals surface area contributed by atoms with Gasteiger partial charge in [-0.2, -0.15) is 5.26 Å². The Kier molecular flexibility index (Phi) is 3.89. The average molecular weight is 194 g/mol. The molecule has 1 aromatic carbocycles. The summed E-state index contributed by atoms with van der Waals surface area (Å²) in [5.41, 5.74) is 0.660. The molecule has 0 fully saturated rings. The standard InChI is InChI=1S/C10H11FN2O/c11-10-6-9(13-4-1-5-14)3-2-8(10)7-12/h2-3,6,13-14H,1,4-5H2. The third-order valence-corrected chi connectivity index (χ3v) is 1.75. The van der Waals surface area contributed by atoms with E-state index in [4.69, 9.17) is 10.4 Å². The number of rotatable bonds is 4. The van der Waals surface area contributed by atoms with Crippen LogP contribution < -0.4 is 5.32 Å². The van der Waals surface area contributed by atoms with Gasteiger partial charge in [0.15, 0.2) is 0 Å². The van der Waals surface area contributed by atoms with Gasteiger partial charge in [-0.25, -0.2) is 4.39 Å². The third-order valence-electron chi connectivity index (χ3n) is 1.75. The second-order valence-corrected chi connectivity index (χ2v) is 2.81. The lowest BCUT2D eigenvalue weighted by molar-refractivity contribution is 0.292. The topological polar surface area (TPSA) is 56.0 Å². The Morgan fingerprint density at radius 2 is 2.29 bits per heavy atom. The maximum Gasteiger partial charge on any atom is 0.143 e. The Hall–Kier alpha value is -1.60. The molecule has 0 aliphatic rings. The van der Waals surface area contributed by atoms with Crippen molar-refractivity contribution in [3.05, 3.63) is 29.6 Å². The van der Waals surface area contributed by atoms with E-state index in [1.54, 1.807) is 12.1 Å². The molecule has 4 heteroatoms. The van der Waals surface area contributed by atoms with E-state index in [0.717, 1.165) is 0 Å². The molecule has 0 saturated heterocycles. The minimum absolute atomic E-state index is 0.0395. The molecular formula is C10H11FN2O. The van der Waals surface area contributed by atoms with Gasteiger partial charge in [-0.15, -0.1) is 0 Å². The van der Waals surface area contributed by atoms with Crippen LogP contribution in [0.25, 0.3) is 0 Å².